The van der Waals surface area contributed by atoms with Crippen molar-refractivity contribution >= 4 is 11.8 Å². The van der Waals surface area contributed by atoms with Gasteiger partial charge in [-0.2, -0.15) is 0 Å². The molecule has 2 heterocycles. The number of amides is 2. The number of rotatable bonds is 5. The predicted molar refractivity (Wildman–Crippen MR) is 98.9 cm³/mol. The van der Waals surface area contributed by atoms with Gasteiger partial charge in [-0.1, -0.05) is 6.92 Å². The molecule has 1 N–H and O–H groups in total. The Labute approximate surface area is 154 Å². The van der Waals surface area contributed by atoms with E-state index in [-0.39, 0.29) is 29.8 Å². The summed E-state index contributed by atoms with van der Waals surface area (Å²) < 4.78 is 10.8. The zero-order chi connectivity index (χ0) is 18.8. The van der Waals surface area contributed by atoms with Gasteiger partial charge in [-0.05, 0) is 50.3 Å². The fourth-order valence-corrected chi connectivity index (χ4v) is 4.01. The third-order valence-corrected chi connectivity index (χ3v) is 5.60. The molecule has 0 spiro atoms. The first kappa shape index (κ1) is 18.5. The van der Waals surface area contributed by atoms with Crippen LogP contribution in [0, 0.1) is 0 Å². The number of hydrogen-bond acceptors (Lipinski definition) is 4. The summed E-state index contributed by atoms with van der Waals surface area (Å²) >= 11 is 0. The highest BCUT2D eigenvalue weighted by Gasteiger charge is 2.45. The van der Waals surface area contributed by atoms with Crippen molar-refractivity contribution in [3.8, 4) is 11.5 Å². The molecule has 2 amide bonds. The monoisotopic (exact) mass is 360 g/mol. The molecule has 0 radical (unpaired) electrons. The van der Waals surface area contributed by atoms with Gasteiger partial charge in [-0.3, -0.25) is 9.59 Å². The van der Waals surface area contributed by atoms with Crippen molar-refractivity contribution in [2.75, 3.05) is 20.8 Å². The normalized spacial score (nSPS) is 22.9. The second kappa shape index (κ2) is 7.56. The van der Waals surface area contributed by atoms with E-state index >= 15 is 0 Å². The Morgan fingerprint density at radius 1 is 1.27 bits per heavy atom. The van der Waals surface area contributed by atoms with Gasteiger partial charge in [-0.25, -0.2) is 0 Å². The fraction of sp³-hybridized carbons (Fsp3) is 0.600. The van der Waals surface area contributed by atoms with Crippen LogP contribution < -0.4 is 14.8 Å². The lowest BCUT2D eigenvalue weighted by Gasteiger charge is -2.44. The minimum absolute atomic E-state index is 0.0155. The standard InChI is InChI=1S/C20H28N2O4/c1-5-12(2)21-19(23)18-13-10-16(25-3)17(26-4)11-14(13)20(24)22-9-7-6-8-15(18)22/h10-12,15,18H,5-9H2,1-4H3,(H,21,23)/t12?,15-,18+/m0/s1. The molecule has 2 aliphatic rings. The van der Waals surface area contributed by atoms with Gasteiger partial charge in [0.1, 0.15) is 0 Å². The van der Waals surface area contributed by atoms with Gasteiger partial charge >= 0.3 is 0 Å². The number of carbonyl (C=O) groups is 2. The summed E-state index contributed by atoms with van der Waals surface area (Å²) in [5.41, 5.74) is 1.29. The first-order chi connectivity index (χ1) is 12.5. The SMILES string of the molecule is CCC(C)NC(=O)[C@@H]1c2cc(OC)c(OC)cc2C(=O)N2CCCC[C@@H]12. The Morgan fingerprint density at radius 3 is 2.62 bits per heavy atom. The molecule has 1 aromatic rings. The van der Waals surface area contributed by atoms with Gasteiger partial charge in [0.2, 0.25) is 5.91 Å². The van der Waals surface area contributed by atoms with Gasteiger partial charge in [0.05, 0.1) is 20.1 Å². The summed E-state index contributed by atoms with van der Waals surface area (Å²) in [6, 6.07) is 3.52. The maximum atomic E-state index is 13.1. The third-order valence-electron chi connectivity index (χ3n) is 5.60. The number of nitrogens with zero attached hydrogens (tertiary/aromatic N) is 1. The van der Waals surface area contributed by atoms with Crippen molar-refractivity contribution in [1.29, 1.82) is 0 Å². The molecular weight excluding hydrogens is 332 g/mol. The lowest BCUT2D eigenvalue weighted by molar-refractivity contribution is -0.125. The van der Waals surface area contributed by atoms with Gasteiger partial charge in [0.25, 0.3) is 5.91 Å². The average molecular weight is 360 g/mol. The van der Waals surface area contributed by atoms with Gasteiger partial charge < -0.3 is 19.7 Å². The zero-order valence-electron chi connectivity index (χ0n) is 16.0. The van der Waals surface area contributed by atoms with Gasteiger partial charge in [-0.15, -0.1) is 0 Å². The Balaban J connectivity index is 2.10. The van der Waals surface area contributed by atoms with Crippen LogP contribution >= 0.6 is 0 Å². The number of nitrogens with one attached hydrogen (secondary N) is 1. The van der Waals surface area contributed by atoms with Crippen molar-refractivity contribution < 1.29 is 19.1 Å². The number of fused-ring (bicyclic) bond motifs is 2. The molecule has 2 aliphatic heterocycles. The number of methoxy groups -OCH3 is 2. The number of hydrogen-bond donors (Lipinski definition) is 1. The van der Waals surface area contributed by atoms with Crippen LogP contribution in [0.4, 0.5) is 0 Å². The number of carbonyl (C=O) groups excluding carboxylic acids is 2. The van der Waals surface area contributed by atoms with Crippen molar-refractivity contribution in [3.05, 3.63) is 23.3 Å². The van der Waals surface area contributed by atoms with Crippen LogP contribution in [0.25, 0.3) is 0 Å². The van der Waals surface area contributed by atoms with Crippen molar-refractivity contribution in [2.24, 2.45) is 0 Å². The van der Waals surface area contributed by atoms with Crippen molar-refractivity contribution in [3.63, 3.8) is 0 Å². The quantitative estimate of drug-likeness (QED) is 0.877. The minimum atomic E-state index is -0.378. The van der Waals surface area contributed by atoms with Crippen LogP contribution in [0.1, 0.15) is 61.4 Å². The summed E-state index contributed by atoms with van der Waals surface area (Å²) in [5.74, 6) is 0.646. The smallest absolute Gasteiger partial charge is 0.254 e. The predicted octanol–water partition coefficient (Wildman–Crippen LogP) is 2.71. The lowest BCUT2D eigenvalue weighted by Crippen LogP contribution is -2.54. The molecule has 6 heteroatoms. The van der Waals surface area contributed by atoms with E-state index in [0.717, 1.165) is 31.2 Å². The minimum Gasteiger partial charge on any atom is -0.493 e. The molecule has 1 unspecified atom stereocenters. The van der Waals surface area contributed by atoms with Crippen LogP contribution in [0.5, 0.6) is 11.5 Å². The van der Waals surface area contributed by atoms with Crippen LogP contribution in [-0.2, 0) is 4.79 Å². The summed E-state index contributed by atoms with van der Waals surface area (Å²) in [4.78, 5) is 28.1. The Hall–Kier alpha value is -2.24. The molecule has 0 saturated carbocycles. The summed E-state index contributed by atoms with van der Waals surface area (Å²) in [5, 5.41) is 3.11. The van der Waals surface area contributed by atoms with E-state index in [0.29, 0.717) is 23.6 Å². The number of ether oxygens (including phenoxy) is 2. The van der Waals surface area contributed by atoms with Crippen molar-refractivity contribution in [2.45, 2.75) is 57.5 Å². The maximum absolute atomic E-state index is 13.1. The third kappa shape index (κ3) is 3.13. The van der Waals surface area contributed by atoms with Crippen LogP contribution in [0.3, 0.4) is 0 Å². The van der Waals surface area contributed by atoms with E-state index < -0.39 is 0 Å². The molecule has 142 valence electrons. The second-order valence-electron chi connectivity index (χ2n) is 7.15. The van der Waals surface area contributed by atoms with E-state index in [9.17, 15) is 9.59 Å². The summed E-state index contributed by atoms with van der Waals surface area (Å²) in [6.45, 7) is 4.74. The highest BCUT2D eigenvalue weighted by molar-refractivity contribution is 6.02. The molecule has 0 aromatic heterocycles. The summed E-state index contributed by atoms with van der Waals surface area (Å²) in [7, 11) is 3.12. The molecule has 1 saturated heterocycles. The molecule has 1 aromatic carbocycles. The van der Waals surface area contributed by atoms with Gasteiger partial charge in [0.15, 0.2) is 11.5 Å². The molecular formula is C20H28N2O4. The molecule has 3 rings (SSSR count). The van der Waals surface area contributed by atoms with Crippen LogP contribution in [0.15, 0.2) is 12.1 Å². The molecule has 0 aliphatic carbocycles. The first-order valence-corrected chi connectivity index (χ1v) is 9.39. The second-order valence-corrected chi connectivity index (χ2v) is 7.15. The fourth-order valence-electron chi connectivity index (χ4n) is 4.01. The van der Waals surface area contributed by atoms with E-state index in [1.807, 2.05) is 18.7 Å². The van der Waals surface area contributed by atoms with Crippen molar-refractivity contribution in [1.82, 2.24) is 10.2 Å². The average Bonchev–Trinajstić information content (AvgIpc) is 2.67. The molecule has 3 atom stereocenters. The molecule has 1 fully saturated rings. The molecule has 6 nitrogen and oxygen atoms in total. The highest BCUT2D eigenvalue weighted by atomic mass is 16.5. The summed E-state index contributed by atoms with van der Waals surface area (Å²) in [6.07, 6.45) is 3.72. The van der Waals surface area contributed by atoms with Crippen LogP contribution in [0.2, 0.25) is 0 Å². The van der Waals surface area contributed by atoms with Crippen LogP contribution in [-0.4, -0.2) is 49.6 Å². The topological polar surface area (TPSA) is 67.9 Å². The Morgan fingerprint density at radius 2 is 1.96 bits per heavy atom. The molecule has 26 heavy (non-hydrogen) atoms. The Bertz CT molecular complexity index is 703. The zero-order valence-corrected chi connectivity index (χ0v) is 16.0. The number of piperidine rings is 1. The lowest BCUT2D eigenvalue weighted by atomic mass is 9.78. The highest BCUT2D eigenvalue weighted by Crippen LogP contribution is 2.42. The van der Waals surface area contributed by atoms with E-state index in [1.165, 1.54) is 0 Å². The van der Waals surface area contributed by atoms with E-state index in [2.05, 4.69) is 5.32 Å². The van der Waals surface area contributed by atoms with Gasteiger partial charge in [0, 0.05) is 24.2 Å². The number of benzene rings is 1. The maximum Gasteiger partial charge on any atom is 0.254 e. The first-order valence-electron chi connectivity index (χ1n) is 9.39. The van der Waals surface area contributed by atoms with E-state index in [4.69, 9.17) is 9.47 Å². The Kier molecular flexibility index (Phi) is 5.39. The molecule has 0 bridgehead atoms. The largest absolute Gasteiger partial charge is 0.493 e. The van der Waals surface area contributed by atoms with E-state index in [1.54, 1.807) is 26.4 Å².